The molecule has 2 aromatic rings. The van der Waals surface area contributed by atoms with Crippen LogP contribution in [-0.4, -0.2) is 40.6 Å². The number of rotatable bonds is 6. The fourth-order valence-electron chi connectivity index (χ4n) is 2.32. The zero-order valence-electron chi connectivity index (χ0n) is 13.4. The second-order valence-corrected chi connectivity index (χ2v) is 6.53. The minimum absolute atomic E-state index is 0.179. The first-order valence-corrected chi connectivity index (χ1v) is 8.87. The van der Waals surface area contributed by atoms with Crippen molar-refractivity contribution in [3.8, 4) is 11.8 Å². The van der Waals surface area contributed by atoms with Crippen molar-refractivity contribution in [3.63, 3.8) is 0 Å². The van der Waals surface area contributed by atoms with E-state index in [4.69, 9.17) is 9.47 Å². The number of nitrogens with zero attached hydrogens (tertiary/aromatic N) is 2. The van der Waals surface area contributed by atoms with Crippen molar-refractivity contribution in [1.82, 2.24) is 15.3 Å². The zero-order valence-corrected chi connectivity index (χ0v) is 14.2. The van der Waals surface area contributed by atoms with Gasteiger partial charge in [0.15, 0.2) is 0 Å². The van der Waals surface area contributed by atoms with Gasteiger partial charge in [-0.3, -0.25) is 4.79 Å². The highest BCUT2D eigenvalue weighted by Crippen LogP contribution is 2.22. The van der Waals surface area contributed by atoms with E-state index in [9.17, 15) is 4.79 Å². The van der Waals surface area contributed by atoms with E-state index >= 15 is 0 Å². The average Bonchev–Trinajstić information content (AvgIpc) is 3.13. The summed E-state index contributed by atoms with van der Waals surface area (Å²) < 4.78 is 10.8. The van der Waals surface area contributed by atoms with E-state index in [1.54, 1.807) is 37.7 Å². The van der Waals surface area contributed by atoms with Crippen LogP contribution in [0.1, 0.15) is 22.3 Å². The van der Waals surface area contributed by atoms with Crippen molar-refractivity contribution in [2.24, 2.45) is 0 Å². The summed E-state index contributed by atoms with van der Waals surface area (Å²) in [6.45, 7) is 0.398. The number of nitrogens with one attached hydrogen (secondary N) is 1. The number of hydrogen-bond donors (Lipinski definition) is 1. The topological polar surface area (TPSA) is 73.3 Å². The summed E-state index contributed by atoms with van der Waals surface area (Å²) in [5.41, 5.74) is 1.42. The standard InChI is InChI=1S/C17H19N3O3S/c1-22-16-8-12(4-6-18-16)9-20-17(21)13-2-3-15(19-10-13)23-14-5-7-24-11-14/h2-4,6,8,10,14H,5,7,9,11H2,1H3,(H,20,21). The molecule has 2 aromatic heterocycles. The summed E-state index contributed by atoms with van der Waals surface area (Å²) in [6.07, 6.45) is 4.46. The zero-order chi connectivity index (χ0) is 16.8. The molecule has 1 aliphatic rings. The molecule has 0 aromatic carbocycles. The lowest BCUT2D eigenvalue weighted by Gasteiger charge is -2.11. The van der Waals surface area contributed by atoms with Crippen molar-refractivity contribution in [1.29, 1.82) is 0 Å². The minimum atomic E-state index is -0.179. The maximum atomic E-state index is 12.2. The highest BCUT2D eigenvalue weighted by atomic mass is 32.2. The van der Waals surface area contributed by atoms with Gasteiger partial charge in [-0.05, 0) is 29.9 Å². The smallest absolute Gasteiger partial charge is 0.253 e. The Balaban J connectivity index is 1.54. The van der Waals surface area contributed by atoms with E-state index in [2.05, 4.69) is 15.3 Å². The van der Waals surface area contributed by atoms with Gasteiger partial charge in [0.2, 0.25) is 11.8 Å². The van der Waals surface area contributed by atoms with Gasteiger partial charge in [-0.25, -0.2) is 9.97 Å². The van der Waals surface area contributed by atoms with Crippen LogP contribution in [0.3, 0.4) is 0 Å². The molecule has 0 radical (unpaired) electrons. The number of carbonyl (C=O) groups is 1. The molecule has 0 spiro atoms. The summed E-state index contributed by atoms with van der Waals surface area (Å²) in [4.78, 5) is 20.4. The van der Waals surface area contributed by atoms with Gasteiger partial charge in [-0.15, -0.1) is 0 Å². The molecule has 1 N–H and O–H groups in total. The van der Waals surface area contributed by atoms with Gasteiger partial charge in [-0.1, -0.05) is 0 Å². The molecule has 0 bridgehead atoms. The number of amides is 1. The van der Waals surface area contributed by atoms with E-state index in [1.165, 1.54) is 0 Å². The SMILES string of the molecule is COc1cc(CNC(=O)c2ccc(OC3CCSC3)nc2)ccn1. The van der Waals surface area contributed by atoms with Gasteiger partial charge >= 0.3 is 0 Å². The third-order valence-electron chi connectivity index (χ3n) is 3.64. The number of thioether (sulfide) groups is 1. The van der Waals surface area contributed by atoms with Crippen LogP contribution in [-0.2, 0) is 6.54 Å². The number of methoxy groups -OCH3 is 1. The predicted molar refractivity (Wildman–Crippen MR) is 92.6 cm³/mol. The van der Waals surface area contributed by atoms with E-state index in [0.717, 1.165) is 23.5 Å². The van der Waals surface area contributed by atoms with E-state index < -0.39 is 0 Å². The van der Waals surface area contributed by atoms with Crippen LogP contribution in [0.2, 0.25) is 0 Å². The molecule has 3 rings (SSSR count). The quantitative estimate of drug-likeness (QED) is 0.866. The molecule has 1 fully saturated rings. The third kappa shape index (κ3) is 4.38. The van der Waals surface area contributed by atoms with Crippen LogP contribution < -0.4 is 14.8 Å². The van der Waals surface area contributed by atoms with Crippen LogP contribution in [0, 0.1) is 0 Å². The summed E-state index contributed by atoms with van der Waals surface area (Å²) in [5, 5.41) is 2.85. The minimum Gasteiger partial charge on any atom is -0.481 e. The Morgan fingerprint density at radius 1 is 1.33 bits per heavy atom. The van der Waals surface area contributed by atoms with E-state index in [0.29, 0.717) is 23.9 Å². The maximum Gasteiger partial charge on any atom is 0.253 e. The summed E-state index contributed by atoms with van der Waals surface area (Å²) in [7, 11) is 1.56. The normalized spacial score (nSPS) is 16.6. The molecule has 1 atom stereocenters. The molecule has 126 valence electrons. The highest BCUT2D eigenvalue weighted by molar-refractivity contribution is 7.99. The number of ether oxygens (including phenoxy) is 2. The molecule has 1 saturated heterocycles. The largest absolute Gasteiger partial charge is 0.481 e. The molecule has 0 aliphatic carbocycles. The molecule has 0 saturated carbocycles. The Morgan fingerprint density at radius 3 is 2.96 bits per heavy atom. The van der Waals surface area contributed by atoms with Crippen molar-refractivity contribution in [2.45, 2.75) is 19.1 Å². The van der Waals surface area contributed by atoms with Gasteiger partial charge in [0.25, 0.3) is 5.91 Å². The molecule has 3 heterocycles. The number of pyridine rings is 2. The number of aromatic nitrogens is 2. The Kier molecular flexibility index (Phi) is 5.53. The van der Waals surface area contributed by atoms with Crippen LogP contribution in [0.25, 0.3) is 0 Å². The van der Waals surface area contributed by atoms with E-state index in [-0.39, 0.29) is 12.0 Å². The molecule has 24 heavy (non-hydrogen) atoms. The Labute approximate surface area is 145 Å². The monoisotopic (exact) mass is 345 g/mol. The average molecular weight is 345 g/mol. The molecule has 6 nitrogen and oxygen atoms in total. The predicted octanol–water partition coefficient (Wildman–Crippen LogP) is 2.30. The molecule has 1 unspecified atom stereocenters. The van der Waals surface area contributed by atoms with Crippen molar-refractivity contribution >= 4 is 17.7 Å². The van der Waals surface area contributed by atoms with E-state index in [1.807, 2.05) is 17.8 Å². The summed E-state index contributed by atoms with van der Waals surface area (Å²) >= 11 is 1.89. The fraction of sp³-hybridized carbons (Fsp3) is 0.353. The van der Waals surface area contributed by atoms with Crippen molar-refractivity contribution < 1.29 is 14.3 Å². The molecule has 1 aliphatic heterocycles. The summed E-state index contributed by atoms with van der Waals surface area (Å²) in [5.74, 6) is 3.04. The van der Waals surface area contributed by atoms with Gasteiger partial charge in [0.05, 0.1) is 12.7 Å². The lowest BCUT2D eigenvalue weighted by atomic mass is 10.2. The Morgan fingerprint density at radius 2 is 2.25 bits per heavy atom. The second kappa shape index (κ2) is 8.01. The molecule has 1 amide bonds. The third-order valence-corrected chi connectivity index (χ3v) is 4.77. The lowest BCUT2D eigenvalue weighted by molar-refractivity contribution is 0.0950. The Bertz CT molecular complexity index is 688. The first kappa shape index (κ1) is 16.6. The second-order valence-electron chi connectivity index (χ2n) is 5.38. The number of carbonyl (C=O) groups excluding carboxylic acids is 1. The van der Waals surface area contributed by atoms with Crippen LogP contribution in [0.4, 0.5) is 0 Å². The lowest BCUT2D eigenvalue weighted by Crippen LogP contribution is -2.23. The maximum absolute atomic E-state index is 12.2. The highest BCUT2D eigenvalue weighted by Gasteiger charge is 2.17. The first-order chi connectivity index (χ1) is 11.7. The Hall–Kier alpha value is -2.28. The fourth-order valence-corrected chi connectivity index (χ4v) is 3.41. The van der Waals surface area contributed by atoms with Crippen molar-refractivity contribution in [3.05, 3.63) is 47.8 Å². The van der Waals surface area contributed by atoms with Gasteiger partial charge in [0, 0.05) is 36.8 Å². The van der Waals surface area contributed by atoms with Crippen LogP contribution in [0.15, 0.2) is 36.7 Å². The van der Waals surface area contributed by atoms with Crippen LogP contribution in [0.5, 0.6) is 11.8 Å². The van der Waals surface area contributed by atoms with Crippen LogP contribution >= 0.6 is 11.8 Å². The van der Waals surface area contributed by atoms with Gasteiger partial charge in [-0.2, -0.15) is 11.8 Å². The van der Waals surface area contributed by atoms with Gasteiger partial charge < -0.3 is 14.8 Å². The summed E-state index contributed by atoms with van der Waals surface area (Å²) in [6, 6.07) is 7.09. The molecular formula is C17H19N3O3S. The molecular weight excluding hydrogens is 326 g/mol. The van der Waals surface area contributed by atoms with Crippen molar-refractivity contribution in [2.75, 3.05) is 18.6 Å². The molecule has 7 heteroatoms. The first-order valence-electron chi connectivity index (χ1n) is 7.72. The number of hydrogen-bond acceptors (Lipinski definition) is 6. The van der Waals surface area contributed by atoms with Gasteiger partial charge in [0.1, 0.15) is 6.10 Å².